The summed E-state index contributed by atoms with van der Waals surface area (Å²) in [7, 11) is 1.52. The van der Waals surface area contributed by atoms with Crippen LogP contribution in [0.5, 0.6) is 5.75 Å². The molecule has 0 saturated carbocycles. The minimum atomic E-state index is -0.877. The lowest BCUT2D eigenvalue weighted by molar-refractivity contribution is -0.132. The summed E-state index contributed by atoms with van der Waals surface area (Å²) in [6.07, 6.45) is 0. The van der Waals surface area contributed by atoms with Gasteiger partial charge >= 0.3 is 5.91 Å². The van der Waals surface area contributed by atoms with Gasteiger partial charge in [0.15, 0.2) is 0 Å². The van der Waals surface area contributed by atoms with Crippen molar-refractivity contribution in [3.63, 3.8) is 0 Å². The number of benzene rings is 3. The van der Waals surface area contributed by atoms with Gasteiger partial charge in [-0.05, 0) is 55.8 Å². The topological polar surface area (TPSA) is 98.8 Å². The highest BCUT2D eigenvalue weighted by molar-refractivity contribution is 6.51. The fourth-order valence-corrected chi connectivity index (χ4v) is 4.80. The second kappa shape index (κ2) is 9.81. The number of hydrogen-bond acceptors (Lipinski definition) is 6. The number of hydrogen-bond donors (Lipinski definition) is 2. The number of nitrogens with one attached hydrogen (secondary N) is 1. The average molecular weight is 497 g/mol. The van der Waals surface area contributed by atoms with Gasteiger partial charge in [0, 0.05) is 24.3 Å². The number of aliphatic hydroxyl groups excluding tert-OH is 1. The van der Waals surface area contributed by atoms with E-state index >= 15 is 0 Å². The normalized spacial score (nSPS) is 16.9. The molecule has 2 heterocycles. The molecule has 1 unspecified atom stereocenters. The van der Waals surface area contributed by atoms with Crippen LogP contribution in [0.1, 0.15) is 31.0 Å². The number of para-hydroxylation sites is 2. The number of methoxy groups -OCH3 is 1. The van der Waals surface area contributed by atoms with Crippen LogP contribution in [0.25, 0.3) is 16.8 Å². The summed E-state index contributed by atoms with van der Waals surface area (Å²) in [6.45, 7) is 5.87. The minimum Gasteiger partial charge on any atom is -0.507 e. The van der Waals surface area contributed by atoms with Crippen molar-refractivity contribution in [2.24, 2.45) is 0 Å². The van der Waals surface area contributed by atoms with E-state index in [1.165, 1.54) is 12.0 Å². The van der Waals surface area contributed by atoms with Gasteiger partial charge in [0.25, 0.3) is 5.78 Å². The van der Waals surface area contributed by atoms with E-state index in [0.29, 0.717) is 22.4 Å². The lowest BCUT2D eigenvalue weighted by Gasteiger charge is -2.25. The van der Waals surface area contributed by atoms with Gasteiger partial charge in [-0.15, -0.1) is 0 Å². The monoisotopic (exact) mass is 496 g/mol. The van der Waals surface area contributed by atoms with Crippen LogP contribution in [-0.2, 0) is 9.59 Å². The Balaban J connectivity index is 1.69. The smallest absolute Gasteiger partial charge is 0.302 e. The molecule has 2 N–H and O–H groups in total. The van der Waals surface area contributed by atoms with Crippen LogP contribution in [0.4, 0.5) is 11.6 Å². The molecule has 8 heteroatoms. The van der Waals surface area contributed by atoms with Crippen molar-refractivity contribution in [3.05, 3.63) is 89.5 Å². The number of carbonyl (C=O) groups excluding carboxylic acids is 2. The Morgan fingerprint density at radius 1 is 1.03 bits per heavy atom. The number of Topliss-reactive ketones (excluding diaryl/α,β-unsaturated/α-hetero) is 1. The summed E-state index contributed by atoms with van der Waals surface area (Å²) in [5.74, 6) is -1.05. The number of aliphatic hydroxyl groups is 1. The van der Waals surface area contributed by atoms with E-state index in [1.807, 2.05) is 48.5 Å². The number of fused-ring (bicyclic) bond motifs is 1. The van der Waals surface area contributed by atoms with Crippen molar-refractivity contribution >= 4 is 40.1 Å². The molecule has 0 bridgehead atoms. The molecule has 0 radical (unpaired) electrons. The summed E-state index contributed by atoms with van der Waals surface area (Å²) in [5.41, 5.74) is 3.49. The zero-order valence-corrected chi connectivity index (χ0v) is 20.9. The molecule has 0 aliphatic carbocycles. The molecule has 1 fully saturated rings. The molecular formula is C29H28N4O4. The Bertz CT molecular complexity index is 1470. The SMILES string of the molecule is CCN(CC)c1ccc(C2/C(=C(\O)c3cccc(OC)c3)C(=O)C(=O)N2c2nc3ccccc3[nH]2)cc1. The van der Waals surface area contributed by atoms with Crippen molar-refractivity contribution in [3.8, 4) is 5.75 Å². The lowest BCUT2D eigenvalue weighted by Crippen LogP contribution is -2.30. The van der Waals surface area contributed by atoms with Gasteiger partial charge in [0.1, 0.15) is 11.5 Å². The van der Waals surface area contributed by atoms with E-state index in [0.717, 1.165) is 24.3 Å². The largest absolute Gasteiger partial charge is 0.507 e. The maximum Gasteiger partial charge on any atom is 0.302 e. The van der Waals surface area contributed by atoms with E-state index in [4.69, 9.17) is 4.74 Å². The number of imidazole rings is 1. The standard InChI is InChI=1S/C29H28N4O4/c1-4-32(5-2)20-15-13-18(14-16-20)25-24(26(34)19-9-8-10-21(17-19)37-3)27(35)28(36)33(25)29-30-22-11-6-7-12-23(22)31-29/h6-17,25,34H,4-5H2,1-3H3,(H,30,31)/b26-24+. The highest BCUT2D eigenvalue weighted by Crippen LogP contribution is 2.42. The fraction of sp³-hybridized carbons (Fsp3) is 0.207. The average Bonchev–Trinajstić information content (AvgIpc) is 3.47. The van der Waals surface area contributed by atoms with E-state index in [2.05, 4.69) is 28.7 Å². The van der Waals surface area contributed by atoms with Crippen LogP contribution in [-0.4, -0.2) is 47.0 Å². The summed E-state index contributed by atoms with van der Waals surface area (Å²) >= 11 is 0. The Morgan fingerprint density at radius 2 is 1.76 bits per heavy atom. The van der Waals surface area contributed by atoms with Crippen LogP contribution >= 0.6 is 0 Å². The third kappa shape index (κ3) is 4.20. The minimum absolute atomic E-state index is 0.00528. The van der Waals surface area contributed by atoms with Crippen molar-refractivity contribution in [1.82, 2.24) is 9.97 Å². The first-order chi connectivity index (χ1) is 18.0. The van der Waals surface area contributed by atoms with E-state index in [1.54, 1.807) is 24.3 Å². The van der Waals surface area contributed by atoms with Crippen LogP contribution < -0.4 is 14.5 Å². The number of aromatic amines is 1. The number of ketones is 1. The molecule has 4 aromatic rings. The molecule has 1 amide bonds. The lowest BCUT2D eigenvalue weighted by atomic mass is 9.95. The van der Waals surface area contributed by atoms with Gasteiger partial charge < -0.3 is 19.7 Å². The highest BCUT2D eigenvalue weighted by Gasteiger charge is 2.48. The number of ether oxygens (including phenoxy) is 1. The summed E-state index contributed by atoms with van der Waals surface area (Å²) in [5, 5.41) is 11.4. The molecule has 1 aliphatic heterocycles. The van der Waals surface area contributed by atoms with Gasteiger partial charge in [0.05, 0.1) is 29.8 Å². The predicted octanol–water partition coefficient (Wildman–Crippen LogP) is 5.04. The third-order valence-corrected chi connectivity index (χ3v) is 6.73. The summed E-state index contributed by atoms with van der Waals surface area (Å²) < 4.78 is 5.29. The van der Waals surface area contributed by atoms with Crippen LogP contribution in [0, 0.1) is 0 Å². The first-order valence-electron chi connectivity index (χ1n) is 12.2. The third-order valence-electron chi connectivity index (χ3n) is 6.73. The zero-order valence-electron chi connectivity index (χ0n) is 20.9. The highest BCUT2D eigenvalue weighted by atomic mass is 16.5. The van der Waals surface area contributed by atoms with E-state index in [-0.39, 0.29) is 17.3 Å². The first kappa shape index (κ1) is 24.1. The molecule has 1 atom stereocenters. The molecule has 37 heavy (non-hydrogen) atoms. The fourth-order valence-electron chi connectivity index (χ4n) is 4.80. The Morgan fingerprint density at radius 3 is 2.43 bits per heavy atom. The maximum atomic E-state index is 13.4. The second-order valence-corrected chi connectivity index (χ2v) is 8.74. The van der Waals surface area contributed by atoms with Gasteiger partial charge in [-0.25, -0.2) is 4.98 Å². The van der Waals surface area contributed by atoms with Gasteiger partial charge in [-0.2, -0.15) is 0 Å². The maximum absolute atomic E-state index is 13.4. The van der Waals surface area contributed by atoms with Crippen LogP contribution in [0.15, 0.2) is 78.4 Å². The van der Waals surface area contributed by atoms with E-state index in [9.17, 15) is 14.7 Å². The Kier molecular flexibility index (Phi) is 6.40. The molecule has 5 rings (SSSR count). The number of amides is 1. The number of H-pyrrole nitrogens is 1. The van der Waals surface area contributed by atoms with Gasteiger partial charge in [0.2, 0.25) is 5.95 Å². The van der Waals surface area contributed by atoms with Gasteiger partial charge in [-0.1, -0.05) is 36.4 Å². The number of aromatic nitrogens is 2. The van der Waals surface area contributed by atoms with Crippen molar-refractivity contribution in [2.75, 3.05) is 30.0 Å². The first-order valence-corrected chi connectivity index (χ1v) is 12.2. The number of carbonyl (C=O) groups is 2. The molecule has 1 aliphatic rings. The summed E-state index contributed by atoms with van der Waals surface area (Å²) in [6, 6.07) is 21.0. The number of rotatable bonds is 7. The molecule has 1 aromatic heterocycles. The Labute approximate surface area is 214 Å². The molecular weight excluding hydrogens is 468 g/mol. The van der Waals surface area contributed by atoms with Crippen molar-refractivity contribution < 1.29 is 19.4 Å². The van der Waals surface area contributed by atoms with Crippen LogP contribution in [0.3, 0.4) is 0 Å². The number of nitrogens with zero attached hydrogens (tertiary/aromatic N) is 3. The molecule has 8 nitrogen and oxygen atoms in total. The van der Waals surface area contributed by atoms with E-state index < -0.39 is 17.7 Å². The molecule has 188 valence electrons. The molecule has 3 aromatic carbocycles. The number of anilines is 2. The molecule has 0 spiro atoms. The zero-order chi connectivity index (χ0) is 26.1. The van der Waals surface area contributed by atoms with Crippen LogP contribution in [0.2, 0.25) is 0 Å². The van der Waals surface area contributed by atoms with Crippen molar-refractivity contribution in [1.29, 1.82) is 0 Å². The predicted molar refractivity (Wildman–Crippen MR) is 144 cm³/mol. The molecule has 1 saturated heterocycles. The second-order valence-electron chi connectivity index (χ2n) is 8.74. The van der Waals surface area contributed by atoms with Gasteiger partial charge in [-0.3, -0.25) is 14.5 Å². The van der Waals surface area contributed by atoms with Crippen molar-refractivity contribution in [2.45, 2.75) is 19.9 Å². The summed E-state index contributed by atoms with van der Waals surface area (Å²) in [4.78, 5) is 38.2. The quantitative estimate of drug-likeness (QED) is 0.211. The Hall–Kier alpha value is -4.59.